The van der Waals surface area contributed by atoms with E-state index in [2.05, 4.69) is 31.6 Å². The number of morpholine rings is 1. The number of nitriles is 1. The third kappa shape index (κ3) is 2.23. The molecule has 2 N–H and O–H groups in total. The average Bonchev–Trinajstić information content (AvgIpc) is 2.95. The number of hydrogen-bond acceptors (Lipinski definition) is 7. The quantitative estimate of drug-likeness (QED) is 0.840. The summed E-state index contributed by atoms with van der Waals surface area (Å²) in [7, 11) is 0. The highest BCUT2D eigenvalue weighted by Gasteiger charge is 2.23. The van der Waals surface area contributed by atoms with Crippen LogP contribution in [-0.4, -0.2) is 52.5 Å². The first-order valence-corrected chi connectivity index (χ1v) is 6.53. The highest BCUT2D eigenvalue weighted by molar-refractivity contribution is 5.87. The van der Waals surface area contributed by atoms with E-state index in [1.165, 1.54) is 0 Å². The van der Waals surface area contributed by atoms with Crippen LogP contribution in [0.5, 0.6) is 0 Å². The van der Waals surface area contributed by atoms with E-state index < -0.39 is 6.10 Å². The number of aromatic nitrogens is 4. The molecule has 2 aromatic heterocycles. The van der Waals surface area contributed by atoms with E-state index in [1.54, 1.807) is 6.20 Å². The van der Waals surface area contributed by atoms with Crippen molar-refractivity contribution in [1.29, 1.82) is 5.26 Å². The second-order valence-electron chi connectivity index (χ2n) is 4.47. The van der Waals surface area contributed by atoms with Gasteiger partial charge in [-0.25, -0.2) is 0 Å². The Morgan fingerprint density at radius 3 is 3.30 bits per heavy atom. The minimum absolute atomic E-state index is 0.428. The lowest BCUT2D eigenvalue weighted by Gasteiger charge is -2.31. The van der Waals surface area contributed by atoms with Crippen molar-refractivity contribution in [2.45, 2.75) is 13.0 Å². The van der Waals surface area contributed by atoms with Crippen molar-refractivity contribution in [2.75, 3.05) is 36.5 Å². The molecule has 3 heterocycles. The molecule has 1 atom stereocenters. The lowest BCUT2D eigenvalue weighted by atomic mass is 10.2. The molecule has 8 nitrogen and oxygen atoms in total. The van der Waals surface area contributed by atoms with Gasteiger partial charge in [-0.3, -0.25) is 5.10 Å². The number of hydrogen-bond donors (Lipinski definition) is 2. The summed E-state index contributed by atoms with van der Waals surface area (Å²) in [5, 5.41) is 19.8. The molecule has 0 aliphatic carbocycles. The van der Waals surface area contributed by atoms with Crippen LogP contribution >= 0.6 is 0 Å². The van der Waals surface area contributed by atoms with Crippen LogP contribution in [-0.2, 0) is 4.74 Å². The van der Waals surface area contributed by atoms with Crippen molar-refractivity contribution < 1.29 is 4.74 Å². The molecule has 20 heavy (non-hydrogen) atoms. The molecule has 0 radical (unpaired) electrons. The molecule has 104 valence electrons. The summed E-state index contributed by atoms with van der Waals surface area (Å²) >= 11 is 0. The van der Waals surface area contributed by atoms with Crippen molar-refractivity contribution in [1.82, 2.24) is 20.2 Å². The van der Waals surface area contributed by atoms with E-state index in [9.17, 15) is 0 Å². The van der Waals surface area contributed by atoms with Crippen molar-refractivity contribution in [2.24, 2.45) is 0 Å². The van der Waals surface area contributed by atoms with Gasteiger partial charge in [0.1, 0.15) is 5.82 Å². The van der Waals surface area contributed by atoms with Gasteiger partial charge in [0.05, 0.1) is 30.8 Å². The maximum atomic E-state index is 9.00. The lowest BCUT2D eigenvalue weighted by molar-refractivity contribution is 0.0762. The Kier molecular flexibility index (Phi) is 3.35. The minimum Gasteiger partial charge on any atom is -0.360 e. The summed E-state index contributed by atoms with van der Waals surface area (Å²) in [6, 6.07) is 2.14. The van der Waals surface area contributed by atoms with Crippen molar-refractivity contribution >= 4 is 22.8 Å². The number of nitrogens with one attached hydrogen (secondary N) is 2. The van der Waals surface area contributed by atoms with Crippen LogP contribution in [0.4, 0.5) is 11.8 Å². The Morgan fingerprint density at radius 1 is 1.60 bits per heavy atom. The van der Waals surface area contributed by atoms with Gasteiger partial charge < -0.3 is 15.0 Å². The molecule has 2 aromatic rings. The number of fused-ring (bicyclic) bond motifs is 1. The van der Waals surface area contributed by atoms with E-state index in [0.29, 0.717) is 31.3 Å². The van der Waals surface area contributed by atoms with E-state index in [-0.39, 0.29) is 0 Å². The lowest BCUT2D eigenvalue weighted by Crippen LogP contribution is -2.42. The van der Waals surface area contributed by atoms with Crippen LogP contribution in [0.2, 0.25) is 0 Å². The topological polar surface area (TPSA) is 103 Å². The molecular formula is C12H15N7O. The summed E-state index contributed by atoms with van der Waals surface area (Å²) in [4.78, 5) is 10.9. The molecule has 1 fully saturated rings. The molecule has 1 unspecified atom stereocenters. The Balaban J connectivity index is 2.00. The number of rotatable bonds is 3. The van der Waals surface area contributed by atoms with Crippen molar-refractivity contribution in [3.63, 3.8) is 0 Å². The summed E-state index contributed by atoms with van der Waals surface area (Å²) < 4.78 is 5.36. The van der Waals surface area contributed by atoms with Crippen LogP contribution < -0.4 is 10.2 Å². The van der Waals surface area contributed by atoms with Crippen molar-refractivity contribution in [3.05, 3.63) is 6.20 Å². The summed E-state index contributed by atoms with van der Waals surface area (Å²) in [5.41, 5.74) is 0.686. The highest BCUT2D eigenvalue weighted by Crippen LogP contribution is 2.25. The molecule has 0 saturated carbocycles. The summed E-state index contributed by atoms with van der Waals surface area (Å²) in [6.07, 6.45) is 1.28. The third-order valence-electron chi connectivity index (χ3n) is 3.13. The number of nitrogens with zero attached hydrogens (tertiary/aromatic N) is 5. The van der Waals surface area contributed by atoms with Gasteiger partial charge in [-0.05, 0) is 6.92 Å². The van der Waals surface area contributed by atoms with E-state index >= 15 is 0 Å². The summed E-state index contributed by atoms with van der Waals surface area (Å²) in [5.74, 6) is 1.34. The minimum atomic E-state index is -0.428. The van der Waals surface area contributed by atoms with E-state index in [1.807, 2.05) is 11.8 Å². The fourth-order valence-electron chi connectivity index (χ4n) is 2.22. The Bertz CT molecular complexity index is 647. The molecule has 0 aromatic carbocycles. The van der Waals surface area contributed by atoms with Gasteiger partial charge in [0.2, 0.25) is 5.95 Å². The van der Waals surface area contributed by atoms with Crippen LogP contribution in [0.3, 0.4) is 0 Å². The predicted molar refractivity (Wildman–Crippen MR) is 73.4 cm³/mol. The first-order chi connectivity index (χ1) is 9.81. The van der Waals surface area contributed by atoms with Gasteiger partial charge >= 0.3 is 0 Å². The molecule has 3 rings (SSSR count). The zero-order valence-corrected chi connectivity index (χ0v) is 11.1. The first kappa shape index (κ1) is 12.6. The smallest absolute Gasteiger partial charge is 0.226 e. The SMILES string of the molecule is CCNc1nc(N2CCOC(C#N)C2)c2cn[nH]c2n1. The van der Waals surface area contributed by atoms with Crippen molar-refractivity contribution in [3.8, 4) is 6.07 Å². The fourth-order valence-corrected chi connectivity index (χ4v) is 2.22. The van der Waals surface area contributed by atoms with Gasteiger partial charge in [0, 0.05) is 13.1 Å². The zero-order chi connectivity index (χ0) is 13.9. The summed E-state index contributed by atoms with van der Waals surface area (Å²) in [6.45, 7) is 4.43. The number of anilines is 2. The maximum Gasteiger partial charge on any atom is 0.226 e. The van der Waals surface area contributed by atoms with Crippen LogP contribution in [0.25, 0.3) is 11.0 Å². The number of H-pyrrole nitrogens is 1. The second-order valence-corrected chi connectivity index (χ2v) is 4.47. The Labute approximate surface area is 115 Å². The van der Waals surface area contributed by atoms with Crippen LogP contribution in [0.15, 0.2) is 6.20 Å². The molecule has 0 spiro atoms. The zero-order valence-electron chi connectivity index (χ0n) is 11.1. The monoisotopic (exact) mass is 273 g/mol. The van der Waals surface area contributed by atoms with Gasteiger partial charge in [0.15, 0.2) is 11.8 Å². The van der Waals surface area contributed by atoms with Gasteiger partial charge in [-0.15, -0.1) is 0 Å². The second kappa shape index (κ2) is 5.30. The number of ether oxygens (including phenoxy) is 1. The normalized spacial score (nSPS) is 19.0. The number of aromatic amines is 1. The van der Waals surface area contributed by atoms with Crippen LogP contribution in [0, 0.1) is 11.3 Å². The highest BCUT2D eigenvalue weighted by atomic mass is 16.5. The molecule has 1 aliphatic heterocycles. The third-order valence-corrected chi connectivity index (χ3v) is 3.13. The molecule has 8 heteroatoms. The van der Waals surface area contributed by atoms with Crippen LogP contribution in [0.1, 0.15) is 6.92 Å². The fraction of sp³-hybridized carbons (Fsp3) is 0.500. The molecular weight excluding hydrogens is 258 g/mol. The van der Waals surface area contributed by atoms with Gasteiger partial charge in [0.25, 0.3) is 0 Å². The standard InChI is InChI=1S/C12H15N7O/c1-2-14-12-16-10-9(6-15-18-10)11(17-12)19-3-4-20-8(5-13)7-19/h6,8H,2-4,7H2,1H3,(H2,14,15,16,17,18). The van der Waals surface area contributed by atoms with Gasteiger partial charge in [-0.1, -0.05) is 0 Å². The Morgan fingerprint density at radius 2 is 2.50 bits per heavy atom. The molecule has 1 aliphatic rings. The maximum absolute atomic E-state index is 9.00. The van der Waals surface area contributed by atoms with Gasteiger partial charge in [-0.2, -0.15) is 20.3 Å². The largest absolute Gasteiger partial charge is 0.360 e. The first-order valence-electron chi connectivity index (χ1n) is 6.53. The average molecular weight is 273 g/mol. The molecule has 1 saturated heterocycles. The Hall–Kier alpha value is -2.40. The van der Waals surface area contributed by atoms with E-state index in [4.69, 9.17) is 10.00 Å². The molecule has 0 amide bonds. The molecule has 0 bridgehead atoms. The predicted octanol–water partition coefficient (Wildman–Crippen LogP) is 0.513. The van der Waals surface area contributed by atoms with E-state index in [0.717, 1.165) is 17.7 Å².